The highest BCUT2D eigenvalue weighted by molar-refractivity contribution is 7.18. The van der Waals surface area contributed by atoms with Gasteiger partial charge in [0.05, 0.1) is 34.2 Å². The van der Waals surface area contributed by atoms with Gasteiger partial charge in [-0.1, -0.05) is 31.2 Å². The van der Waals surface area contributed by atoms with E-state index in [-0.39, 0.29) is 5.56 Å². The monoisotopic (exact) mass is 350 g/mol. The summed E-state index contributed by atoms with van der Waals surface area (Å²) in [4.78, 5) is 26.6. The Morgan fingerprint density at radius 2 is 1.76 bits per heavy atom. The molecule has 126 valence electrons. The molecule has 5 nitrogen and oxygen atoms in total. The molecule has 0 amide bonds. The third-order valence-corrected chi connectivity index (χ3v) is 5.20. The van der Waals surface area contributed by atoms with Crippen molar-refractivity contribution < 1.29 is 0 Å². The van der Waals surface area contributed by atoms with Crippen molar-refractivity contribution in [1.82, 2.24) is 19.9 Å². The molecule has 1 N–H and O–H groups in total. The summed E-state index contributed by atoms with van der Waals surface area (Å²) < 4.78 is 1.20. The maximum atomic E-state index is 12.2. The lowest BCUT2D eigenvalue weighted by Crippen LogP contribution is -2.25. The lowest BCUT2D eigenvalue weighted by atomic mass is 10.2. The average molecular weight is 350 g/mol. The smallest absolute Gasteiger partial charge is 0.258 e. The molecule has 0 atom stereocenters. The summed E-state index contributed by atoms with van der Waals surface area (Å²) in [6.07, 6.45) is 0. The highest BCUT2D eigenvalue weighted by atomic mass is 32.1. The van der Waals surface area contributed by atoms with Gasteiger partial charge < -0.3 is 4.98 Å². The van der Waals surface area contributed by atoms with Crippen LogP contribution in [0.15, 0.2) is 53.3 Å². The van der Waals surface area contributed by atoms with Crippen molar-refractivity contribution in [3.05, 3.63) is 69.7 Å². The fraction of sp³-hybridized carbons (Fsp3) is 0.211. The highest BCUT2D eigenvalue weighted by Crippen LogP contribution is 2.23. The van der Waals surface area contributed by atoms with Crippen LogP contribution >= 0.6 is 11.3 Å². The number of para-hydroxylation sites is 2. The van der Waals surface area contributed by atoms with Gasteiger partial charge in [-0.25, -0.2) is 9.97 Å². The van der Waals surface area contributed by atoms with Crippen LogP contribution in [0.3, 0.4) is 0 Å². The van der Waals surface area contributed by atoms with Crippen molar-refractivity contribution in [2.24, 2.45) is 0 Å². The van der Waals surface area contributed by atoms with Gasteiger partial charge in [0.2, 0.25) is 0 Å². The second-order valence-electron chi connectivity index (χ2n) is 5.91. The number of fused-ring (bicyclic) bond motifs is 2. The second kappa shape index (κ2) is 6.74. The molecule has 0 fully saturated rings. The maximum Gasteiger partial charge on any atom is 0.258 e. The van der Waals surface area contributed by atoms with E-state index in [9.17, 15) is 4.79 Å². The van der Waals surface area contributed by atoms with E-state index in [0.717, 1.165) is 29.1 Å². The summed E-state index contributed by atoms with van der Waals surface area (Å²) >= 11 is 1.71. The van der Waals surface area contributed by atoms with Crippen molar-refractivity contribution in [2.75, 3.05) is 6.54 Å². The van der Waals surface area contributed by atoms with Gasteiger partial charge >= 0.3 is 0 Å². The SMILES string of the molecule is CCN(Cc1nc2ccccc2c(=O)[nH]1)Cc1nc2ccccc2s1. The van der Waals surface area contributed by atoms with E-state index in [1.807, 2.05) is 36.4 Å². The summed E-state index contributed by atoms with van der Waals surface area (Å²) in [7, 11) is 0. The Morgan fingerprint density at radius 1 is 1.00 bits per heavy atom. The van der Waals surface area contributed by atoms with Crippen LogP contribution in [0.5, 0.6) is 0 Å². The standard InChI is InChI=1S/C19H18N4OS/c1-2-23(12-18-21-15-9-5-6-10-16(15)25-18)11-17-20-14-8-4-3-7-13(14)19(24)22-17/h3-10H,2,11-12H2,1H3,(H,20,22,24). The Bertz CT molecular complexity index is 1050. The molecule has 0 aliphatic heterocycles. The zero-order chi connectivity index (χ0) is 17.2. The first-order chi connectivity index (χ1) is 12.2. The molecule has 4 aromatic rings. The molecule has 2 aromatic carbocycles. The molecule has 4 rings (SSSR count). The first-order valence-corrected chi connectivity index (χ1v) is 9.09. The zero-order valence-electron chi connectivity index (χ0n) is 13.9. The predicted octanol–water partition coefficient (Wildman–Crippen LogP) is 3.55. The number of H-pyrrole nitrogens is 1. The van der Waals surface area contributed by atoms with Gasteiger partial charge in [-0.3, -0.25) is 9.69 Å². The maximum absolute atomic E-state index is 12.2. The minimum atomic E-state index is -0.0864. The topological polar surface area (TPSA) is 61.9 Å². The number of nitrogens with zero attached hydrogens (tertiary/aromatic N) is 3. The molecule has 0 unspecified atom stereocenters. The van der Waals surface area contributed by atoms with Gasteiger partial charge in [0.15, 0.2) is 0 Å². The molecule has 0 saturated carbocycles. The van der Waals surface area contributed by atoms with E-state index in [1.165, 1.54) is 4.70 Å². The fourth-order valence-electron chi connectivity index (χ4n) is 2.88. The van der Waals surface area contributed by atoms with Crippen molar-refractivity contribution in [1.29, 1.82) is 0 Å². The van der Waals surface area contributed by atoms with Gasteiger partial charge in [-0.2, -0.15) is 0 Å². The molecule has 0 radical (unpaired) electrons. The minimum Gasteiger partial charge on any atom is -0.309 e. The van der Waals surface area contributed by atoms with Crippen molar-refractivity contribution >= 4 is 32.5 Å². The van der Waals surface area contributed by atoms with Crippen LogP contribution in [0.2, 0.25) is 0 Å². The van der Waals surface area contributed by atoms with E-state index in [0.29, 0.717) is 17.8 Å². The zero-order valence-corrected chi connectivity index (χ0v) is 14.7. The number of aromatic nitrogens is 3. The number of benzene rings is 2. The lowest BCUT2D eigenvalue weighted by Gasteiger charge is -2.18. The summed E-state index contributed by atoms with van der Waals surface area (Å²) in [5.74, 6) is 0.687. The van der Waals surface area contributed by atoms with Crippen LogP contribution in [0.1, 0.15) is 17.8 Å². The van der Waals surface area contributed by atoms with Crippen LogP contribution in [0.25, 0.3) is 21.1 Å². The first kappa shape index (κ1) is 15.9. The van der Waals surface area contributed by atoms with Gasteiger partial charge in [-0.15, -0.1) is 11.3 Å². The molecule has 6 heteroatoms. The summed E-state index contributed by atoms with van der Waals surface area (Å²) in [5, 5.41) is 1.70. The van der Waals surface area contributed by atoms with Crippen LogP contribution in [0, 0.1) is 0 Å². The van der Waals surface area contributed by atoms with Crippen molar-refractivity contribution in [3.8, 4) is 0 Å². The van der Waals surface area contributed by atoms with Gasteiger partial charge in [0, 0.05) is 0 Å². The minimum absolute atomic E-state index is 0.0864. The largest absolute Gasteiger partial charge is 0.309 e. The number of thiazole rings is 1. The second-order valence-corrected chi connectivity index (χ2v) is 7.02. The molecule has 0 saturated heterocycles. The molecule has 0 aliphatic carbocycles. The summed E-state index contributed by atoms with van der Waals surface area (Å²) in [5.41, 5.74) is 1.68. The lowest BCUT2D eigenvalue weighted by molar-refractivity contribution is 0.264. The average Bonchev–Trinajstić information content (AvgIpc) is 3.03. The van der Waals surface area contributed by atoms with Crippen LogP contribution in [0.4, 0.5) is 0 Å². The quantitative estimate of drug-likeness (QED) is 0.598. The Kier molecular flexibility index (Phi) is 4.29. The molecule has 25 heavy (non-hydrogen) atoms. The fourth-order valence-corrected chi connectivity index (χ4v) is 3.89. The first-order valence-electron chi connectivity index (χ1n) is 8.27. The number of rotatable bonds is 5. The van der Waals surface area contributed by atoms with Gasteiger partial charge in [0.1, 0.15) is 10.8 Å². The third-order valence-electron chi connectivity index (χ3n) is 4.18. The Balaban J connectivity index is 1.58. The van der Waals surface area contributed by atoms with Crippen LogP contribution in [-0.2, 0) is 13.1 Å². The normalized spacial score (nSPS) is 11.6. The van der Waals surface area contributed by atoms with Gasteiger partial charge in [-0.05, 0) is 30.8 Å². The molecule has 0 spiro atoms. The number of nitrogens with one attached hydrogen (secondary N) is 1. The number of aromatic amines is 1. The summed E-state index contributed by atoms with van der Waals surface area (Å²) in [6.45, 7) is 4.29. The molecular formula is C19H18N4OS. The molecule has 2 heterocycles. The van der Waals surface area contributed by atoms with Crippen molar-refractivity contribution in [2.45, 2.75) is 20.0 Å². The van der Waals surface area contributed by atoms with E-state index < -0.39 is 0 Å². The van der Waals surface area contributed by atoms with E-state index in [4.69, 9.17) is 4.98 Å². The predicted molar refractivity (Wildman–Crippen MR) is 102 cm³/mol. The number of hydrogen-bond acceptors (Lipinski definition) is 5. The molecule has 0 aliphatic rings. The number of hydrogen-bond donors (Lipinski definition) is 1. The molecule has 2 aromatic heterocycles. The van der Waals surface area contributed by atoms with Crippen LogP contribution in [-0.4, -0.2) is 26.4 Å². The Hall–Kier alpha value is -2.57. The van der Waals surface area contributed by atoms with E-state index in [1.54, 1.807) is 17.4 Å². The highest BCUT2D eigenvalue weighted by Gasteiger charge is 2.11. The molecular weight excluding hydrogens is 332 g/mol. The van der Waals surface area contributed by atoms with Gasteiger partial charge in [0.25, 0.3) is 5.56 Å². The summed E-state index contributed by atoms with van der Waals surface area (Å²) in [6, 6.07) is 15.6. The van der Waals surface area contributed by atoms with Crippen LogP contribution < -0.4 is 5.56 Å². The molecule has 0 bridgehead atoms. The third kappa shape index (κ3) is 3.31. The van der Waals surface area contributed by atoms with E-state index in [2.05, 4.69) is 27.9 Å². The Morgan fingerprint density at radius 3 is 2.56 bits per heavy atom. The van der Waals surface area contributed by atoms with Crippen molar-refractivity contribution in [3.63, 3.8) is 0 Å². The Labute approximate surface area is 149 Å². The van der Waals surface area contributed by atoms with E-state index >= 15 is 0 Å².